The highest BCUT2D eigenvalue weighted by atomic mass is 17.2. The van der Waals surface area contributed by atoms with Gasteiger partial charge in [-0.05, 0) is 0 Å². The fourth-order valence-corrected chi connectivity index (χ4v) is 0.0962. The summed E-state index contributed by atoms with van der Waals surface area (Å²) in [6.45, 7) is 0.106. The van der Waals surface area contributed by atoms with Crippen molar-refractivity contribution in [2.75, 3.05) is 13.5 Å². The van der Waals surface area contributed by atoms with Crippen LogP contribution in [0.15, 0.2) is 0 Å². The van der Waals surface area contributed by atoms with Gasteiger partial charge in [0.15, 0.2) is 0 Å². The summed E-state index contributed by atoms with van der Waals surface area (Å²) in [4.78, 5) is 8.27. The normalized spacial score (nSPS) is 9.00. The largest absolute Gasteiger partial charge is 0.306 e. The van der Waals surface area contributed by atoms with Crippen molar-refractivity contribution in [1.82, 2.24) is 0 Å². The maximum absolute atomic E-state index is 4.81. The Morgan fingerprint density at radius 2 is 1.33 bits per heavy atom. The van der Waals surface area contributed by atoms with Crippen LogP contribution in [0.3, 0.4) is 0 Å². The van der Waals surface area contributed by atoms with Gasteiger partial charge < -0.3 is 11.5 Å². The van der Waals surface area contributed by atoms with E-state index in [0.717, 1.165) is 0 Å². The first-order valence-electron chi connectivity index (χ1n) is 1.56. The Kier molecular flexibility index (Phi) is 4.71. The van der Waals surface area contributed by atoms with Crippen molar-refractivity contribution in [3.05, 3.63) is 0 Å². The molecule has 0 aromatic rings. The molecule has 4 heteroatoms. The minimum Gasteiger partial charge on any atom is -0.306 e. The summed E-state index contributed by atoms with van der Waals surface area (Å²) in [5.74, 6) is 0. The topological polar surface area (TPSA) is 70.5 Å². The summed E-state index contributed by atoms with van der Waals surface area (Å²) in [5.41, 5.74) is 9.62. The molecule has 0 aliphatic rings. The quantitative estimate of drug-likeness (QED) is 0.198. The van der Waals surface area contributed by atoms with E-state index in [1.807, 2.05) is 0 Å². The van der Waals surface area contributed by atoms with Gasteiger partial charge in [0.25, 0.3) is 0 Å². The summed E-state index contributed by atoms with van der Waals surface area (Å²) in [7, 11) is 0. The first-order chi connectivity index (χ1) is 2.91. The van der Waals surface area contributed by atoms with E-state index in [2.05, 4.69) is 9.78 Å². The van der Waals surface area contributed by atoms with E-state index >= 15 is 0 Å². The summed E-state index contributed by atoms with van der Waals surface area (Å²) >= 11 is 0. The molecule has 0 amide bonds. The lowest BCUT2D eigenvalue weighted by Gasteiger charge is -1.92. The third-order valence-corrected chi connectivity index (χ3v) is 0.219. The van der Waals surface area contributed by atoms with Crippen LogP contribution in [-0.2, 0) is 9.78 Å². The van der Waals surface area contributed by atoms with Gasteiger partial charge in [-0.25, -0.2) is 9.78 Å². The predicted octanol–water partition coefficient (Wildman–Crippen LogP) is -1.23. The predicted molar refractivity (Wildman–Crippen MR) is 20.3 cm³/mol. The summed E-state index contributed by atoms with van der Waals surface area (Å²) in [6, 6.07) is 0. The first kappa shape index (κ1) is 5.84. The fraction of sp³-hybridized carbons (Fsp3) is 1.00. The van der Waals surface area contributed by atoms with Crippen LogP contribution in [-0.4, -0.2) is 13.5 Å². The number of hydrogen-bond acceptors (Lipinski definition) is 4. The first-order valence-corrected chi connectivity index (χ1v) is 1.56. The van der Waals surface area contributed by atoms with Crippen LogP contribution in [0.4, 0.5) is 0 Å². The highest BCUT2D eigenvalue weighted by Crippen LogP contribution is 1.62. The third kappa shape index (κ3) is 3.84. The Morgan fingerprint density at radius 3 is 1.50 bits per heavy atom. The zero-order chi connectivity index (χ0) is 4.83. The maximum atomic E-state index is 4.81. The van der Waals surface area contributed by atoms with Crippen molar-refractivity contribution in [2.45, 2.75) is 0 Å². The van der Waals surface area contributed by atoms with Crippen LogP contribution in [0.5, 0.6) is 0 Å². The molecule has 6 heavy (non-hydrogen) atoms. The van der Waals surface area contributed by atoms with Gasteiger partial charge in [-0.1, -0.05) is 0 Å². The van der Waals surface area contributed by atoms with E-state index in [-0.39, 0.29) is 13.5 Å². The Balaban J connectivity index is 2.34. The molecule has 0 bridgehead atoms. The molecule has 0 radical (unpaired) electrons. The van der Waals surface area contributed by atoms with Crippen LogP contribution < -0.4 is 11.5 Å². The summed E-state index contributed by atoms with van der Waals surface area (Å²) in [6.07, 6.45) is 0. The molecule has 0 saturated heterocycles. The van der Waals surface area contributed by atoms with Gasteiger partial charge in [-0.2, -0.15) is 0 Å². The monoisotopic (exact) mass is 92.1 g/mol. The van der Waals surface area contributed by atoms with E-state index in [9.17, 15) is 0 Å². The minimum atomic E-state index is 0.0528. The second-order valence-corrected chi connectivity index (χ2v) is 0.569. The van der Waals surface area contributed by atoms with Gasteiger partial charge in [-0.3, -0.25) is 0 Å². The van der Waals surface area contributed by atoms with E-state index in [4.69, 9.17) is 11.5 Å². The van der Waals surface area contributed by atoms with E-state index in [1.54, 1.807) is 0 Å². The van der Waals surface area contributed by atoms with Crippen LogP contribution in [0, 0.1) is 0 Å². The number of nitrogens with two attached hydrogens (primary N) is 2. The van der Waals surface area contributed by atoms with E-state index < -0.39 is 0 Å². The van der Waals surface area contributed by atoms with Crippen molar-refractivity contribution in [3.8, 4) is 0 Å². The van der Waals surface area contributed by atoms with Crippen LogP contribution in [0.25, 0.3) is 0 Å². The van der Waals surface area contributed by atoms with Crippen molar-refractivity contribution in [3.63, 3.8) is 0 Å². The molecule has 0 atom stereocenters. The molecule has 0 aromatic carbocycles. The van der Waals surface area contributed by atoms with Crippen molar-refractivity contribution in [1.29, 1.82) is 0 Å². The molecule has 0 heterocycles. The van der Waals surface area contributed by atoms with Gasteiger partial charge in [0, 0.05) is 0 Å². The van der Waals surface area contributed by atoms with Gasteiger partial charge in [0.2, 0.25) is 0 Å². The number of hydrogen-bond donors (Lipinski definition) is 2. The molecule has 0 aliphatic carbocycles. The van der Waals surface area contributed by atoms with Gasteiger partial charge in [0.05, 0.1) is 0 Å². The lowest BCUT2D eigenvalue weighted by Crippen LogP contribution is -2.10. The average molecular weight is 92.1 g/mol. The molecule has 0 saturated carbocycles. The molecule has 0 aromatic heterocycles. The molecular formula is C2H8N2O2. The highest BCUT2D eigenvalue weighted by Gasteiger charge is 1.71. The molecular weight excluding hydrogens is 84.0 g/mol. The Morgan fingerprint density at radius 1 is 1.00 bits per heavy atom. The Bertz CT molecular complexity index is 21.5. The maximum Gasteiger partial charge on any atom is 0.130 e. The second-order valence-electron chi connectivity index (χ2n) is 0.569. The smallest absolute Gasteiger partial charge is 0.130 e. The Labute approximate surface area is 35.9 Å². The van der Waals surface area contributed by atoms with Gasteiger partial charge in [-0.15, -0.1) is 0 Å². The number of rotatable bonds is 3. The minimum absolute atomic E-state index is 0.0528. The molecule has 0 aliphatic heterocycles. The highest BCUT2D eigenvalue weighted by molar-refractivity contribution is 3.91. The molecule has 0 fully saturated rings. The van der Waals surface area contributed by atoms with Gasteiger partial charge in [0.1, 0.15) is 13.5 Å². The lowest BCUT2D eigenvalue weighted by atomic mass is 11.4. The van der Waals surface area contributed by atoms with E-state index in [1.165, 1.54) is 0 Å². The molecule has 38 valence electrons. The Hall–Kier alpha value is -0.160. The zero-order valence-electron chi connectivity index (χ0n) is 3.39. The van der Waals surface area contributed by atoms with E-state index in [0.29, 0.717) is 0 Å². The standard InChI is InChI=1S/C2H8N2O2/c3-1-5-6-2-4/h1-4H2. The molecule has 0 spiro atoms. The second kappa shape index (κ2) is 4.84. The fourth-order valence-electron chi connectivity index (χ4n) is 0.0962. The third-order valence-electron chi connectivity index (χ3n) is 0.219. The zero-order valence-corrected chi connectivity index (χ0v) is 3.39. The van der Waals surface area contributed by atoms with Crippen molar-refractivity contribution < 1.29 is 9.78 Å². The van der Waals surface area contributed by atoms with Crippen molar-refractivity contribution >= 4 is 0 Å². The SMILES string of the molecule is NCOOCN. The van der Waals surface area contributed by atoms with Crippen LogP contribution in [0.2, 0.25) is 0 Å². The average Bonchev–Trinajstić information content (AvgIpc) is 1.61. The summed E-state index contributed by atoms with van der Waals surface area (Å²) < 4.78 is 0. The molecule has 4 nitrogen and oxygen atoms in total. The summed E-state index contributed by atoms with van der Waals surface area (Å²) in [5, 5.41) is 0. The van der Waals surface area contributed by atoms with Crippen LogP contribution in [0.1, 0.15) is 0 Å². The molecule has 0 rings (SSSR count). The lowest BCUT2D eigenvalue weighted by molar-refractivity contribution is -0.291. The van der Waals surface area contributed by atoms with Gasteiger partial charge >= 0.3 is 0 Å². The molecule has 4 N–H and O–H groups in total. The molecule has 0 unspecified atom stereocenters. The van der Waals surface area contributed by atoms with Crippen LogP contribution >= 0.6 is 0 Å². The van der Waals surface area contributed by atoms with Crippen molar-refractivity contribution in [2.24, 2.45) is 11.5 Å².